The first-order chi connectivity index (χ1) is 9.29. The summed E-state index contributed by atoms with van der Waals surface area (Å²) in [6.07, 6.45) is 0. The zero-order chi connectivity index (χ0) is 13.5. The Morgan fingerprint density at radius 3 is 3.21 bits per heavy atom. The van der Waals surface area contributed by atoms with Crippen LogP contribution in [0.2, 0.25) is 0 Å². The Labute approximate surface area is 123 Å². The molecule has 0 spiro atoms. The number of hydrogen-bond donors (Lipinski definition) is 1. The van der Waals surface area contributed by atoms with Crippen LogP contribution in [0, 0.1) is 0 Å². The van der Waals surface area contributed by atoms with Crippen LogP contribution in [0.15, 0.2) is 28.7 Å². The number of benzene rings is 1. The molecule has 106 valence electrons. The summed E-state index contributed by atoms with van der Waals surface area (Å²) < 4.78 is 12.3. The van der Waals surface area contributed by atoms with E-state index in [4.69, 9.17) is 9.47 Å². The maximum atomic E-state index is 5.78. The van der Waals surface area contributed by atoms with E-state index in [1.807, 2.05) is 31.3 Å². The molecule has 5 heteroatoms. The molecule has 1 aliphatic heterocycles. The minimum absolute atomic E-state index is 0.449. The first-order valence-electron chi connectivity index (χ1n) is 6.64. The Kier molecular flexibility index (Phi) is 6.10. The SMILES string of the molecule is CNCC1COCCN1CCOc1cccc(Br)c1. The highest BCUT2D eigenvalue weighted by Gasteiger charge is 2.21. The van der Waals surface area contributed by atoms with Gasteiger partial charge in [0.05, 0.1) is 13.2 Å². The Hall–Kier alpha value is -0.620. The van der Waals surface area contributed by atoms with Crippen molar-refractivity contribution in [3.8, 4) is 5.75 Å². The average molecular weight is 329 g/mol. The summed E-state index contributed by atoms with van der Waals surface area (Å²) in [5, 5.41) is 3.21. The summed E-state index contributed by atoms with van der Waals surface area (Å²) in [5.74, 6) is 0.910. The van der Waals surface area contributed by atoms with Crippen LogP contribution >= 0.6 is 15.9 Å². The van der Waals surface area contributed by atoms with Crippen LogP contribution in [-0.2, 0) is 4.74 Å². The van der Waals surface area contributed by atoms with Crippen LogP contribution in [0.3, 0.4) is 0 Å². The zero-order valence-corrected chi connectivity index (χ0v) is 12.9. The lowest BCUT2D eigenvalue weighted by Gasteiger charge is -2.35. The van der Waals surface area contributed by atoms with Crippen LogP contribution in [0.25, 0.3) is 0 Å². The predicted molar refractivity (Wildman–Crippen MR) is 79.7 cm³/mol. The van der Waals surface area contributed by atoms with E-state index < -0.39 is 0 Å². The molecule has 0 aromatic heterocycles. The minimum Gasteiger partial charge on any atom is -0.492 e. The smallest absolute Gasteiger partial charge is 0.120 e. The van der Waals surface area contributed by atoms with Gasteiger partial charge in [-0.2, -0.15) is 0 Å². The highest BCUT2D eigenvalue weighted by atomic mass is 79.9. The van der Waals surface area contributed by atoms with Crippen LogP contribution in [0.1, 0.15) is 0 Å². The molecule has 0 aliphatic carbocycles. The van der Waals surface area contributed by atoms with Crippen molar-refractivity contribution in [2.75, 3.05) is 46.5 Å². The third kappa shape index (κ3) is 4.76. The molecule has 1 aromatic rings. The molecule has 1 saturated heterocycles. The second-order valence-electron chi connectivity index (χ2n) is 4.63. The molecule has 1 unspecified atom stereocenters. The minimum atomic E-state index is 0.449. The van der Waals surface area contributed by atoms with Gasteiger partial charge < -0.3 is 14.8 Å². The second-order valence-corrected chi connectivity index (χ2v) is 5.54. The zero-order valence-electron chi connectivity index (χ0n) is 11.3. The predicted octanol–water partition coefficient (Wildman–Crippen LogP) is 1.75. The standard InChI is InChI=1S/C14H21BrN2O2/c1-16-10-13-11-18-7-5-17(13)6-8-19-14-4-2-3-12(15)9-14/h2-4,9,13,16H,5-8,10-11H2,1H3. The van der Waals surface area contributed by atoms with E-state index in [0.29, 0.717) is 12.6 Å². The van der Waals surface area contributed by atoms with Crippen molar-refractivity contribution >= 4 is 15.9 Å². The molecular weight excluding hydrogens is 308 g/mol. The summed E-state index contributed by atoms with van der Waals surface area (Å²) in [6, 6.07) is 8.40. The number of rotatable bonds is 6. The highest BCUT2D eigenvalue weighted by Crippen LogP contribution is 2.17. The monoisotopic (exact) mass is 328 g/mol. The van der Waals surface area contributed by atoms with Crippen molar-refractivity contribution in [1.82, 2.24) is 10.2 Å². The first kappa shape index (κ1) is 14.8. The highest BCUT2D eigenvalue weighted by molar-refractivity contribution is 9.10. The van der Waals surface area contributed by atoms with Crippen LogP contribution in [-0.4, -0.2) is 57.4 Å². The van der Waals surface area contributed by atoms with Gasteiger partial charge in [0, 0.05) is 30.1 Å². The molecule has 1 atom stereocenters. The maximum Gasteiger partial charge on any atom is 0.120 e. The summed E-state index contributed by atoms with van der Waals surface area (Å²) in [6.45, 7) is 5.19. The van der Waals surface area contributed by atoms with Crippen LogP contribution in [0.5, 0.6) is 5.75 Å². The van der Waals surface area contributed by atoms with Crippen LogP contribution < -0.4 is 10.1 Å². The van der Waals surface area contributed by atoms with Gasteiger partial charge in [0.25, 0.3) is 0 Å². The number of likely N-dealkylation sites (N-methyl/N-ethyl adjacent to an activating group) is 1. The van der Waals surface area contributed by atoms with Crippen molar-refractivity contribution < 1.29 is 9.47 Å². The third-order valence-corrected chi connectivity index (χ3v) is 3.73. The Morgan fingerprint density at radius 1 is 1.53 bits per heavy atom. The van der Waals surface area contributed by atoms with E-state index in [0.717, 1.165) is 43.1 Å². The van der Waals surface area contributed by atoms with Crippen molar-refractivity contribution in [3.63, 3.8) is 0 Å². The lowest BCUT2D eigenvalue weighted by Crippen LogP contribution is -2.51. The Balaban J connectivity index is 1.77. The lowest BCUT2D eigenvalue weighted by atomic mass is 10.2. The van der Waals surface area contributed by atoms with Crippen LogP contribution in [0.4, 0.5) is 0 Å². The maximum absolute atomic E-state index is 5.78. The van der Waals surface area contributed by atoms with Gasteiger partial charge in [-0.05, 0) is 25.2 Å². The normalized spacial score (nSPS) is 20.4. The fraction of sp³-hybridized carbons (Fsp3) is 0.571. The fourth-order valence-electron chi connectivity index (χ4n) is 2.24. The van der Waals surface area contributed by atoms with Gasteiger partial charge in [-0.3, -0.25) is 4.90 Å². The third-order valence-electron chi connectivity index (χ3n) is 3.23. The van der Waals surface area contributed by atoms with Gasteiger partial charge in [-0.1, -0.05) is 22.0 Å². The number of ether oxygens (including phenoxy) is 2. The molecule has 1 aliphatic rings. The van der Waals surface area contributed by atoms with Crippen molar-refractivity contribution in [2.45, 2.75) is 6.04 Å². The van der Waals surface area contributed by atoms with E-state index in [2.05, 4.69) is 26.1 Å². The van der Waals surface area contributed by atoms with Gasteiger partial charge in [0.15, 0.2) is 0 Å². The molecule has 1 aromatic carbocycles. The quantitative estimate of drug-likeness (QED) is 0.862. The number of halogens is 1. The van der Waals surface area contributed by atoms with Crippen molar-refractivity contribution in [2.24, 2.45) is 0 Å². The largest absolute Gasteiger partial charge is 0.492 e. The summed E-state index contributed by atoms with van der Waals surface area (Å²) >= 11 is 3.45. The lowest BCUT2D eigenvalue weighted by molar-refractivity contribution is -0.0109. The molecule has 1 heterocycles. The fourth-order valence-corrected chi connectivity index (χ4v) is 2.62. The van der Waals surface area contributed by atoms with E-state index >= 15 is 0 Å². The van der Waals surface area contributed by atoms with E-state index in [1.165, 1.54) is 0 Å². The van der Waals surface area contributed by atoms with E-state index in [9.17, 15) is 0 Å². The molecule has 0 amide bonds. The van der Waals surface area contributed by atoms with Gasteiger partial charge in [-0.15, -0.1) is 0 Å². The number of nitrogens with zero attached hydrogens (tertiary/aromatic N) is 1. The number of nitrogens with one attached hydrogen (secondary N) is 1. The number of morpholine rings is 1. The topological polar surface area (TPSA) is 33.7 Å². The first-order valence-corrected chi connectivity index (χ1v) is 7.43. The second kappa shape index (κ2) is 7.85. The Bertz CT molecular complexity index is 387. The molecule has 2 rings (SSSR count). The molecule has 0 saturated carbocycles. The molecule has 1 fully saturated rings. The summed E-state index contributed by atoms with van der Waals surface area (Å²) in [4.78, 5) is 2.43. The Morgan fingerprint density at radius 2 is 2.42 bits per heavy atom. The van der Waals surface area contributed by atoms with Gasteiger partial charge in [0.1, 0.15) is 12.4 Å². The van der Waals surface area contributed by atoms with Gasteiger partial charge in [0.2, 0.25) is 0 Å². The molecule has 1 N–H and O–H groups in total. The molecule has 0 radical (unpaired) electrons. The van der Waals surface area contributed by atoms with Crippen molar-refractivity contribution in [1.29, 1.82) is 0 Å². The average Bonchev–Trinajstić information content (AvgIpc) is 2.41. The number of hydrogen-bond acceptors (Lipinski definition) is 4. The molecule has 4 nitrogen and oxygen atoms in total. The molecule has 19 heavy (non-hydrogen) atoms. The molecule has 0 bridgehead atoms. The summed E-state index contributed by atoms with van der Waals surface area (Å²) in [5.41, 5.74) is 0. The van der Waals surface area contributed by atoms with Gasteiger partial charge >= 0.3 is 0 Å². The van der Waals surface area contributed by atoms with Crippen molar-refractivity contribution in [3.05, 3.63) is 28.7 Å². The van der Waals surface area contributed by atoms with Gasteiger partial charge in [-0.25, -0.2) is 0 Å². The molecular formula is C14H21BrN2O2. The van der Waals surface area contributed by atoms with E-state index in [-0.39, 0.29) is 0 Å². The van der Waals surface area contributed by atoms with E-state index in [1.54, 1.807) is 0 Å². The summed E-state index contributed by atoms with van der Waals surface area (Å²) in [7, 11) is 1.98.